The van der Waals surface area contributed by atoms with Gasteiger partial charge in [-0.05, 0) is 31.9 Å². The summed E-state index contributed by atoms with van der Waals surface area (Å²) < 4.78 is 24.2. The van der Waals surface area contributed by atoms with Crippen molar-refractivity contribution in [3.8, 4) is 0 Å². The van der Waals surface area contributed by atoms with E-state index in [-0.39, 0.29) is 12.2 Å². The molecule has 0 saturated carbocycles. The van der Waals surface area contributed by atoms with Gasteiger partial charge in [-0.15, -0.1) is 0 Å². The van der Waals surface area contributed by atoms with E-state index in [4.69, 9.17) is 23.9 Å². The molecule has 8 heteroatoms. The van der Waals surface area contributed by atoms with Gasteiger partial charge in [-0.25, -0.2) is 0 Å². The number of ether oxygens (including phenoxy) is 4. The van der Waals surface area contributed by atoms with Crippen molar-refractivity contribution in [2.75, 3.05) is 26.9 Å². The number of allylic oxidation sites excluding steroid dienone is 5. The van der Waals surface area contributed by atoms with Crippen LogP contribution in [-0.2, 0) is 32.0 Å². The molecule has 0 amide bonds. The predicted octanol–water partition coefficient (Wildman–Crippen LogP) is 5.23. The van der Waals surface area contributed by atoms with Crippen LogP contribution in [0.5, 0.6) is 0 Å². The van der Waals surface area contributed by atoms with E-state index in [0.717, 1.165) is 29.7 Å². The normalized spacial score (nSPS) is 18.1. The van der Waals surface area contributed by atoms with E-state index in [0.29, 0.717) is 43.9 Å². The highest BCUT2D eigenvalue weighted by Gasteiger charge is 2.18. The highest BCUT2D eigenvalue weighted by atomic mass is 32.2. The molecule has 1 unspecified atom stereocenters. The Morgan fingerprint density at radius 2 is 2.15 bits per heavy atom. The number of aromatic nitrogens is 2. The van der Waals surface area contributed by atoms with Crippen LogP contribution in [0.1, 0.15) is 38.7 Å². The third kappa shape index (κ3) is 8.62. The van der Waals surface area contributed by atoms with Crippen LogP contribution < -0.4 is 0 Å². The second kappa shape index (κ2) is 13.5. The Bertz CT molecular complexity index is 897. The second-order valence-electron chi connectivity index (χ2n) is 7.96. The lowest BCUT2D eigenvalue weighted by molar-refractivity contribution is -0.0545. The molecule has 2 heterocycles. The molecule has 0 spiro atoms. The summed E-state index contributed by atoms with van der Waals surface area (Å²) in [5, 5.41) is 5.01. The summed E-state index contributed by atoms with van der Waals surface area (Å²) in [6.45, 7) is 11.3. The fourth-order valence-corrected chi connectivity index (χ4v) is 4.09. The molecule has 0 N–H and O–H groups in total. The first-order valence-electron chi connectivity index (χ1n) is 11.5. The van der Waals surface area contributed by atoms with Crippen LogP contribution in [0.15, 0.2) is 63.8 Å². The third-order valence-electron chi connectivity index (χ3n) is 5.33. The number of thioether (sulfide) groups is 1. The Labute approximate surface area is 201 Å². The third-order valence-corrected chi connectivity index (χ3v) is 6.18. The van der Waals surface area contributed by atoms with Crippen LogP contribution in [0, 0.1) is 5.92 Å². The van der Waals surface area contributed by atoms with Crippen molar-refractivity contribution in [2.45, 2.75) is 52.5 Å². The van der Waals surface area contributed by atoms with Crippen LogP contribution in [0.2, 0.25) is 0 Å². The molecule has 0 bridgehead atoms. The van der Waals surface area contributed by atoms with Gasteiger partial charge in [0, 0.05) is 36.3 Å². The first kappa shape index (κ1) is 25.5. The standard InChI is InChI=1S/C25H35N3O4S/c1-5-21-7-6-8-23(10-9-21)33-20(3)32-25(19(2)11-12-29-4)26-15-22-16-27-28(17-22)18-24-30-13-14-31-24/h7-10,16-17,19,24H,3,5-6,11-15,18H2,1-2,4H3. The van der Waals surface area contributed by atoms with E-state index in [1.807, 2.05) is 17.1 Å². The van der Waals surface area contributed by atoms with Crippen molar-refractivity contribution in [3.63, 3.8) is 0 Å². The molecule has 180 valence electrons. The van der Waals surface area contributed by atoms with Gasteiger partial charge in [-0.1, -0.05) is 49.4 Å². The van der Waals surface area contributed by atoms with Gasteiger partial charge in [-0.2, -0.15) is 5.10 Å². The summed E-state index contributed by atoms with van der Waals surface area (Å²) >= 11 is 1.53. The Balaban J connectivity index is 1.60. The van der Waals surface area contributed by atoms with Gasteiger partial charge in [-0.3, -0.25) is 9.67 Å². The molecule has 1 fully saturated rings. The zero-order chi connectivity index (χ0) is 23.5. The zero-order valence-electron chi connectivity index (χ0n) is 19.9. The second-order valence-corrected chi connectivity index (χ2v) is 9.09. The number of hydrogen-bond donors (Lipinski definition) is 0. The van der Waals surface area contributed by atoms with Gasteiger partial charge < -0.3 is 18.9 Å². The highest BCUT2D eigenvalue weighted by Crippen LogP contribution is 2.30. The largest absolute Gasteiger partial charge is 0.437 e. The minimum Gasteiger partial charge on any atom is -0.437 e. The van der Waals surface area contributed by atoms with E-state index in [1.165, 1.54) is 17.3 Å². The maximum atomic E-state index is 6.15. The van der Waals surface area contributed by atoms with Crippen molar-refractivity contribution in [1.29, 1.82) is 0 Å². The van der Waals surface area contributed by atoms with E-state index < -0.39 is 0 Å². The predicted molar refractivity (Wildman–Crippen MR) is 133 cm³/mol. The topological polar surface area (TPSA) is 67.1 Å². The van der Waals surface area contributed by atoms with Gasteiger partial charge in [0.2, 0.25) is 0 Å². The summed E-state index contributed by atoms with van der Waals surface area (Å²) in [6.07, 6.45) is 15.0. The number of aliphatic imine (C=N–C) groups is 1. The van der Waals surface area contributed by atoms with E-state index in [9.17, 15) is 0 Å². The Kier molecular flexibility index (Phi) is 10.5. The molecular formula is C25H35N3O4S. The number of hydrogen-bond acceptors (Lipinski definition) is 7. The molecule has 2 aliphatic rings. The molecule has 1 aliphatic heterocycles. The maximum absolute atomic E-state index is 6.15. The fourth-order valence-electron chi connectivity index (χ4n) is 3.39. The smallest absolute Gasteiger partial charge is 0.194 e. The number of rotatable bonds is 12. The average molecular weight is 474 g/mol. The lowest BCUT2D eigenvalue weighted by atomic mass is 10.1. The molecule has 1 saturated heterocycles. The van der Waals surface area contributed by atoms with E-state index in [1.54, 1.807) is 7.11 Å². The highest BCUT2D eigenvalue weighted by molar-refractivity contribution is 8.06. The van der Waals surface area contributed by atoms with Crippen LogP contribution >= 0.6 is 11.8 Å². The van der Waals surface area contributed by atoms with Gasteiger partial charge in [0.05, 0.1) is 32.5 Å². The van der Waals surface area contributed by atoms with Crippen molar-refractivity contribution < 1.29 is 18.9 Å². The van der Waals surface area contributed by atoms with Gasteiger partial charge in [0.25, 0.3) is 0 Å². The summed E-state index contributed by atoms with van der Waals surface area (Å²) in [5.41, 5.74) is 2.34. The number of methoxy groups -OCH3 is 1. The first-order valence-corrected chi connectivity index (χ1v) is 12.3. The molecule has 3 rings (SSSR count). The fraction of sp³-hybridized carbons (Fsp3) is 0.520. The Morgan fingerprint density at radius 1 is 1.33 bits per heavy atom. The van der Waals surface area contributed by atoms with Gasteiger partial charge >= 0.3 is 0 Å². The van der Waals surface area contributed by atoms with Crippen LogP contribution in [0.25, 0.3) is 0 Å². The van der Waals surface area contributed by atoms with E-state index >= 15 is 0 Å². The van der Waals surface area contributed by atoms with E-state index in [2.05, 4.69) is 49.8 Å². The molecule has 1 atom stereocenters. The summed E-state index contributed by atoms with van der Waals surface area (Å²) in [5.74, 6) is 0.759. The monoisotopic (exact) mass is 473 g/mol. The molecule has 0 radical (unpaired) electrons. The average Bonchev–Trinajstić information content (AvgIpc) is 3.43. The lowest BCUT2D eigenvalue weighted by Gasteiger charge is -2.17. The summed E-state index contributed by atoms with van der Waals surface area (Å²) in [6, 6.07) is 0. The molecule has 33 heavy (non-hydrogen) atoms. The van der Waals surface area contributed by atoms with Crippen molar-refractivity contribution in [1.82, 2.24) is 9.78 Å². The Hall–Kier alpha value is -2.13. The maximum Gasteiger partial charge on any atom is 0.194 e. The molecule has 1 aliphatic carbocycles. The Morgan fingerprint density at radius 3 is 2.91 bits per heavy atom. The van der Waals surface area contributed by atoms with Crippen LogP contribution in [0.3, 0.4) is 0 Å². The van der Waals surface area contributed by atoms with Crippen molar-refractivity contribution >= 4 is 17.7 Å². The van der Waals surface area contributed by atoms with Crippen LogP contribution in [0.4, 0.5) is 0 Å². The number of nitrogens with zero attached hydrogens (tertiary/aromatic N) is 3. The van der Waals surface area contributed by atoms with Gasteiger partial charge in [0.1, 0.15) is 0 Å². The van der Waals surface area contributed by atoms with Crippen molar-refractivity contribution in [2.24, 2.45) is 10.9 Å². The molecule has 0 aromatic carbocycles. The van der Waals surface area contributed by atoms with Gasteiger partial charge in [0.15, 0.2) is 17.3 Å². The quantitative estimate of drug-likeness (QED) is 0.235. The molecule has 1 aromatic heterocycles. The minimum absolute atomic E-state index is 0.102. The first-order chi connectivity index (χ1) is 16.1. The molecule has 7 nitrogen and oxygen atoms in total. The molecular weight excluding hydrogens is 438 g/mol. The minimum atomic E-state index is -0.231. The SMILES string of the molecule is C=C(OC(=NCc1cnn(CC2OCCO2)c1)C(C)CCOC)SC1=CCC=C(CC)C=C1. The lowest BCUT2D eigenvalue weighted by Crippen LogP contribution is -2.17. The van der Waals surface area contributed by atoms with Crippen LogP contribution in [-0.4, -0.2) is 48.9 Å². The summed E-state index contributed by atoms with van der Waals surface area (Å²) in [4.78, 5) is 5.90. The zero-order valence-corrected chi connectivity index (χ0v) is 20.7. The van der Waals surface area contributed by atoms with Crippen molar-refractivity contribution in [3.05, 3.63) is 64.4 Å². The molecule has 1 aromatic rings. The summed E-state index contributed by atoms with van der Waals surface area (Å²) in [7, 11) is 1.70.